The smallest absolute Gasteiger partial charge is 0.224 e. The number of nitrogens with one attached hydrogen (secondary N) is 1. The molecule has 1 saturated heterocycles. The third kappa shape index (κ3) is 5.02. The van der Waals surface area contributed by atoms with Crippen molar-refractivity contribution in [1.29, 1.82) is 0 Å². The monoisotopic (exact) mass is 410 g/mol. The Bertz CT molecular complexity index is 866. The minimum Gasteiger partial charge on any atom is -0.349 e. The summed E-state index contributed by atoms with van der Waals surface area (Å²) in [5.74, 6) is 0.227. The molecule has 4 rings (SSSR count). The minimum atomic E-state index is 0.0475. The van der Waals surface area contributed by atoms with Crippen LogP contribution in [0.2, 0.25) is 5.02 Å². The van der Waals surface area contributed by atoms with Crippen molar-refractivity contribution in [3.05, 3.63) is 69.7 Å². The Morgan fingerprint density at radius 3 is 2.76 bits per heavy atom. The number of rotatable bonds is 5. The number of likely N-dealkylation sites (tertiary alicyclic amines) is 1. The van der Waals surface area contributed by atoms with Crippen molar-refractivity contribution in [2.75, 3.05) is 13.1 Å². The minimum absolute atomic E-state index is 0.0475. The van der Waals surface area contributed by atoms with Crippen LogP contribution >= 0.6 is 11.6 Å². The van der Waals surface area contributed by atoms with E-state index in [2.05, 4.69) is 41.4 Å². The molecule has 1 fully saturated rings. The van der Waals surface area contributed by atoms with Gasteiger partial charge in [-0.05, 0) is 80.3 Å². The van der Waals surface area contributed by atoms with Gasteiger partial charge in [-0.15, -0.1) is 0 Å². The molecule has 154 valence electrons. The molecule has 2 aromatic carbocycles. The highest BCUT2D eigenvalue weighted by Gasteiger charge is 2.27. The van der Waals surface area contributed by atoms with E-state index < -0.39 is 0 Å². The van der Waals surface area contributed by atoms with Gasteiger partial charge in [-0.3, -0.25) is 9.69 Å². The zero-order valence-corrected chi connectivity index (χ0v) is 18.0. The van der Waals surface area contributed by atoms with Gasteiger partial charge >= 0.3 is 0 Å². The highest BCUT2D eigenvalue weighted by atomic mass is 35.5. The number of benzene rings is 2. The molecule has 1 aliphatic carbocycles. The first-order chi connectivity index (χ1) is 14.1. The Labute approximate surface area is 179 Å². The van der Waals surface area contributed by atoms with E-state index >= 15 is 0 Å². The van der Waals surface area contributed by atoms with Gasteiger partial charge in [0.1, 0.15) is 0 Å². The van der Waals surface area contributed by atoms with Gasteiger partial charge in [0.2, 0.25) is 5.91 Å². The summed E-state index contributed by atoms with van der Waals surface area (Å²) in [6.45, 7) is 4.74. The molecule has 0 saturated carbocycles. The van der Waals surface area contributed by atoms with Gasteiger partial charge in [0, 0.05) is 18.1 Å². The Morgan fingerprint density at radius 1 is 1.14 bits per heavy atom. The van der Waals surface area contributed by atoms with Crippen LogP contribution in [0.5, 0.6) is 0 Å². The molecular weight excluding hydrogens is 380 g/mol. The summed E-state index contributed by atoms with van der Waals surface area (Å²) in [6.07, 6.45) is 6.95. The lowest BCUT2D eigenvalue weighted by Gasteiger charge is -2.33. The zero-order valence-electron chi connectivity index (χ0n) is 17.3. The fraction of sp³-hybridized carbons (Fsp3) is 0.480. The topological polar surface area (TPSA) is 32.3 Å². The van der Waals surface area contributed by atoms with Crippen LogP contribution in [0.4, 0.5) is 0 Å². The molecule has 1 amide bonds. The molecule has 2 atom stereocenters. The van der Waals surface area contributed by atoms with E-state index in [4.69, 9.17) is 11.6 Å². The number of aryl methyl sites for hydroxylation is 2. The molecule has 1 N–H and O–H groups in total. The van der Waals surface area contributed by atoms with Crippen LogP contribution in [0, 0.1) is 5.92 Å². The van der Waals surface area contributed by atoms with Crippen LogP contribution in [-0.4, -0.2) is 23.9 Å². The molecule has 3 nitrogen and oxygen atoms in total. The fourth-order valence-electron chi connectivity index (χ4n) is 4.72. The number of carbonyl (C=O) groups excluding carboxylic acids is 1. The van der Waals surface area contributed by atoms with E-state index in [0.29, 0.717) is 0 Å². The third-order valence-corrected chi connectivity index (χ3v) is 6.83. The Hall–Kier alpha value is -1.84. The highest BCUT2D eigenvalue weighted by molar-refractivity contribution is 6.31. The molecule has 2 aliphatic rings. The SMILES string of the molecule is CC(NC(=O)C1CCCN(Cc2ccccc2Cl)C1)c1ccc2c(c1)CCCC2. The van der Waals surface area contributed by atoms with Gasteiger partial charge in [0.15, 0.2) is 0 Å². The molecule has 1 heterocycles. The van der Waals surface area contributed by atoms with Gasteiger partial charge in [-0.2, -0.15) is 0 Å². The van der Waals surface area contributed by atoms with Gasteiger partial charge in [-0.1, -0.05) is 48.0 Å². The van der Waals surface area contributed by atoms with Crippen LogP contribution in [-0.2, 0) is 24.2 Å². The van der Waals surface area contributed by atoms with Crippen LogP contribution in [0.3, 0.4) is 0 Å². The number of amides is 1. The van der Waals surface area contributed by atoms with Crippen LogP contribution in [0.15, 0.2) is 42.5 Å². The molecule has 0 bridgehead atoms. The van der Waals surface area contributed by atoms with E-state index in [1.807, 2.05) is 18.2 Å². The average Bonchev–Trinajstić information content (AvgIpc) is 2.75. The second kappa shape index (κ2) is 9.32. The van der Waals surface area contributed by atoms with Crippen molar-refractivity contribution in [3.8, 4) is 0 Å². The van der Waals surface area contributed by atoms with Crippen molar-refractivity contribution in [3.63, 3.8) is 0 Å². The maximum atomic E-state index is 13.0. The van der Waals surface area contributed by atoms with Crippen molar-refractivity contribution >= 4 is 17.5 Å². The number of hydrogen-bond donors (Lipinski definition) is 1. The number of nitrogens with zero attached hydrogens (tertiary/aromatic N) is 1. The lowest BCUT2D eigenvalue weighted by molar-refractivity contribution is -0.127. The summed E-state index contributed by atoms with van der Waals surface area (Å²) in [7, 11) is 0. The van der Waals surface area contributed by atoms with Gasteiger partial charge in [0.05, 0.1) is 12.0 Å². The molecule has 29 heavy (non-hydrogen) atoms. The predicted molar refractivity (Wildman–Crippen MR) is 119 cm³/mol. The van der Waals surface area contributed by atoms with Gasteiger partial charge in [-0.25, -0.2) is 0 Å². The predicted octanol–water partition coefficient (Wildman–Crippen LogP) is 5.31. The summed E-state index contributed by atoms with van der Waals surface area (Å²) in [5.41, 5.74) is 5.32. The summed E-state index contributed by atoms with van der Waals surface area (Å²) >= 11 is 6.32. The number of piperidine rings is 1. The van der Waals surface area contributed by atoms with Gasteiger partial charge < -0.3 is 5.32 Å². The van der Waals surface area contributed by atoms with E-state index in [0.717, 1.165) is 43.1 Å². The summed E-state index contributed by atoms with van der Waals surface area (Å²) < 4.78 is 0. The first kappa shape index (κ1) is 20.4. The van der Waals surface area contributed by atoms with Crippen molar-refractivity contribution in [1.82, 2.24) is 10.2 Å². The maximum Gasteiger partial charge on any atom is 0.224 e. The molecule has 0 radical (unpaired) electrons. The molecule has 2 aromatic rings. The summed E-state index contributed by atoms with van der Waals surface area (Å²) in [6, 6.07) is 14.8. The molecule has 0 spiro atoms. The largest absolute Gasteiger partial charge is 0.349 e. The maximum absolute atomic E-state index is 13.0. The van der Waals surface area contributed by atoms with Crippen LogP contribution in [0.25, 0.3) is 0 Å². The Kier molecular flexibility index (Phi) is 6.56. The molecular formula is C25H31ClN2O. The number of carbonyl (C=O) groups is 1. The third-order valence-electron chi connectivity index (χ3n) is 6.46. The fourth-order valence-corrected chi connectivity index (χ4v) is 4.91. The first-order valence-corrected chi connectivity index (χ1v) is 11.4. The average molecular weight is 411 g/mol. The molecule has 1 aliphatic heterocycles. The van der Waals surface area contributed by atoms with Crippen LogP contribution in [0.1, 0.15) is 60.9 Å². The molecule has 4 heteroatoms. The van der Waals surface area contributed by atoms with Gasteiger partial charge in [0.25, 0.3) is 0 Å². The standard InChI is InChI=1S/C25H31ClN2O/c1-18(20-13-12-19-7-2-3-8-21(19)15-20)27-25(29)23-10-6-14-28(17-23)16-22-9-4-5-11-24(22)26/h4-5,9,11-13,15,18,23H,2-3,6-8,10,14,16-17H2,1H3,(H,27,29). The molecule has 0 aromatic heterocycles. The quantitative estimate of drug-likeness (QED) is 0.724. The lowest BCUT2D eigenvalue weighted by atomic mass is 9.89. The van der Waals surface area contributed by atoms with E-state index in [-0.39, 0.29) is 17.9 Å². The van der Waals surface area contributed by atoms with Crippen molar-refractivity contribution in [2.24, 2.45) is 5.92 Å². The zero-order chi connectivity index (χ0) is 20.2. The van der Waals surface area contributed by atoms with Crippen molar-refractivity contribution < 1.29 is 4.79 Å². The lowest BCUT2D eigenvalue weighted by Crippen LogP contribution is -2.43. The highest BCUT2D eigenvalue weighted by Crippen LogP contribution is 2.26. The normalized spacial score (nSPS) is 20.7. The van der Waals surface area contributed by atoms with E-state index in [1.165, 1.54) is 42.4 Å². The molecule has 2 unspecified atom stereocenters. The number of halogens is 1. The van der Waals surface area contributed by atoms with Crippen molar-refractivity contribution in [2.45, 2.75) is 58.0 Å². The van der Waals surface area contributed by atoms with E-state index in [9.17, 15) is 4.79 Å². The number of hydrogen-bond acceptors (Lipinski definition) is 2. The second-order valence-corrected chi connectivity index (χ2v) is 9.04. The summed E-state index contributed by atoms with van der Waals surface area (Å²) in [5, 5.41) is 4.08. The Morgan fingerprint density at radius 2 is 1.93 bits per heavy atom. The Balaban J connectivity index is 1.36. The summed E-state index contributed by atoms with van der Waals surface area (Å²) in [4.78, 5) is 15.3. The van der Waals surface area contributed by atoms with E-state index in [1.54, 1.807) is 0 Å². The second-order valence-electron chi connectivity index (χ2n) is 8.63. The first-order valence-electron chi connectivity index (χ1n) is 11.0. The number of fused-ring (bicyclic) bond motifs is 1. The van der Waals surface area contributed by atoms with Crippen LogP contribution < -0.4 is 5.32 Å².